The Morgan fingerprint density at radius 1 is 1.22 bits per heavy atom. The summed E-state index contributed by atoms with van der Waals surface area (Å²) in [7, 11) is 1.60. The van der Waals surface area contributed by atoms with Crippen molar-refractivity contribution in [2.45, 2.75) is 25.3 Å². The van der Waals surface area contributed by atoms with Crippen LogP contribution in [0.1, 0.15) is 35.8 Å². The van der Waals surface area contributed by atoms with Gasteiger partial charge in [0.25, 0.3) is 5.91 Å². The maximum Gasteiger partial charge on any atom is 0.271 e. The van der Waals surface area contributed by atoms with E-state index in [-0.39, 0.29) is 17.1 Å². The van der Waals surface area contributed by atoms with E-state index in [9.17, 15) is 10.1 Å². The average molecular weight is 502 g/mol. The van der Waals surface area contributed by atoms with Gasteiger partial charge in [0, 0.05) is 42.1 Å². The summed E-state index contributed by atoms with van der Waals surface area (Å²) in [6.07, 6.45) is 8.16. The zero-order chi connectivity index (χ0) is 25.3. The molecule has 10 heteroatoms. The van der Waals surface area contributed by atoms with E-state index >= 15 is 0 Å². The van der Waals surface area contributed by atoms with Crippen molar-refractivity contribution in [1.29, 1.82) is 5.26 Å². The van der Waals surface area contributed by atoms with Gasteiger partial charge in [0.15, 0.2) is 0 Å². The smallest absolute Gasteiger partial charge is 0.271 e. The molecular weight excluding hydrogens is 478 g/mol. The molecule has 0 aromatic carbocycles. The molecular formula is C26H24ClN7O2. The number of carbonyl (C=O) groups excluding carboxylic acids is 1. The molecule has 0 radical (unpaired) electrons. The van der Waals surface area contributed by atoms with Gasteiger partial charge >= 0.3 is 0 Å². The zero-order valence-electron chi connectivity index (χ0n) is 19.9. The summed E-state index contributed by atoms with van der Waals surface area (Å²) in [6.45, 7) is 3.52. The second-order valence-electron chi connectivity index (χ2n) is 9.00. The first-order chi connectivity index (χ1) is 17.4. The second kappa shape index (κ2) is 9.47. The number of fused-ring (bicyclic) bond motifs is 1. The molecule has 1 N–H and O–H groups in total. The topological polar surface area (TPSA) is 108 Å². The van der Waals surface area contributed by atoms with Crippen molar-refractivity contribution in [2.24, 2.45) is 0 Å². The predicted octanol–water partition coefficient (Wildman–Crippen LogP) is 4.11. The average Bonchev–Trinajstić information content (AvgIpc) is 3.32. The molecule has 182 valence electrons. The van der Waals surface area contributed by atoms with Crippen molar-refractivity contribution < 1.29 is 9.53 Å². The van der Waals surface area contributed by atoms with Crippen molar-refractivity contribution in [3.05, 3.63) is 71.4 Å². The van der Waals surface area contributed by atoms with Crippen LogP contribution in [0.15, 0.2) is 55.1 Å². The maximum absolute atomic E-state index is 12.7. The number of aromatic nitrogens is 4. The molecule has 9 nitrogen and oxygen atoms in total. The molecule has 1 amide bonds. The van der Waals surface area contributed by atoms with Crippen LogP contribution < -0.4 is 15.0 Å². The monoisotopic (exact) mass is 501 g/mol. The summed E-state index contributed by atoms with van der Waals surface area (Å²) in [6, 6.07) is 11.4. The molecule has 0 aliphatic carbocycles. The molecule has 5 rings (SSSR count). The van der Waals surface area contributed by atoms with Crippen LogP contribution >= 0.6 is 11.6 Å². The van der Waals surface area contributed by atoms with Gasteiger partial charge in [-0.15, -0.1) is 0 Å². The van der Waals surface area contributed by atoms with Crippen LogP contribution in [0.25, 0.3) is 16.6 Å². The lowest BCUT2D eigenvalue weighted by Gasteiger charge is -2.40. The van der Waals surface area contributed by atoms with Crippen LogP contribution in [-0.2, 0) is 0 Å². The van der Waals surface area contributed by atoms with Crippen LogP contribution in [0.5, 0.6) is 5.75 Å². The lowest BCUT2D eigenvalue weighted by molar-refractivity contribution is 0.0886. The highest BCUT2D eigenvalue weighted by Crippen LogP contribution is 2.32. The molecule has 1 aliphatic heterocycles. The van der Waals surface area contributed by atoms with Crippen LogP contribution in [0, 0.1) is 11.3 Å². The number of ether oxygens (including phenoxy) is 1. The molecule has 36 heavy (non-hydrogen) atoms. The Labute approximate surface area is 213 Å². The van der Waals surface area contributed by atoms with Crippen LogP contribution in [0.3, 0.4) is 0 Å². The number of nitrogens with zero attached hydrogens (tertiary/aromatic N) is 6. The highest BCUT2D eigenvalue weighted by atomic mass is 35.5. The van der Waals surface area contributed by atoms with Gasteiger partial charge in [-0.25, -0.2) is 14.5 Å². The van der Waals surface area contributed by atoms with Gasteiger partial charge in [0.1, 0.15) is 23.3 Å². The molecule has 1 aliphatic rings. The molecule has 0 unspecified atom stereocenters. The first kappa shape index (κ1) is 23.6. The SMILES string of the molecule is COc1cc(-c2ccc(N3CCC(C)(NC(=O)c4ncccc4Cl)CC3)nc2)c2c(C#N)cnn2c1. The fourth-order valence-electron chi connectivity index (χ4n) is 4.48. The molecule has 0 atom stereocenters. The first-order valence-corrected chi connectivity index (χ1v) is 11.9. The number of nitriles is 1. The zero-order valence-corrected chi connectivity index (χ0v) is 20.7. The summed E-state index contributed by atoms with van der Waals surface area (Å²) in [5.74, 6) is 1.23. The fraction of sp³-hybridized carbons (Fsp3) is 0.269. The van der Waals surface area contributed by atoms with Crippen molar-refractivity contribution in [2.75, 3.05) is 25.1 Å². The van der Waals surface area contributed by atoms with Crippen LogP contribution in [-0.4, -0.2) is 51.2 Å². The number of anilines is 1. The number of hydrogen-bond donors (Lipinski definition) is 1. The fourth-order valence-corrected chi connectivity index (χ4v) is 4.69. The first-order valence-electron chi connectivity index (χ1n) is 11.5. The number of methoxy groups -OCH3 is 1. The van der Waals surface area contributed by atoms with E-state index in [0.29, 0.717) is 21.9 Å². The number of nitrogens with one attached hydrogen (secondary N) is 1. The lowest BCUT2D eigenvalue weighted by atomic mass is 9.89. The van der Waals surface area contributed by atoms with Crippen molar-refractivity contribution in [3.8, 4) is 22.9 Å². The molecule has 4 aromatic rings. The predicted molar refractivity (Wildman–Crippen MR) is 136 cm³/mol. The summed E-state index contributed by atoms with van der Waals surface area (Å²) in [5, 5.41) is 17.2. The van der Waals surface area contributed by atoms with E-state index in [1.807, 2.05) is 25.1 Å². The van der Waals surface area contributed by atoms with Gasteiger partial charge in [0.2, 0.25) is 0 Å². The molecule has 4 aromatic heterocycles. The van der Waals surface area contributed by atoms with E-state index in [0.717, 1.165) is 42.9 Å². The Kier molecular flexibility index (Phi) is 6.20. The summed E-state index contributed by atoms with van der Waals surface area (Å²) < 4.78 is 7.07. The minimum atomic E-state index is -0.365. The van der Waals surface area contributed by atoms with Crippen molar-refractivity contribution in [3.63, 3.8) is 0 Å². The van der Waals surface area contributed by atoms with Gasteiger partial charge < -0.3 is 15.0 Å². The third-order valence-electron chi connectivity index (χ3n) is 6.58. The number of carbonyl (C=O) groups is 1. The number of amides is 1. The van der Waals surface area contributed by atoms with E-state index < -0.39 is 0 Å². The summed E-state index contributed by atoms with van der Waals surface area (Å²) >= 11 is 6.13. The quantitative estimate of drug-likeness (QED) is 0.438. The molecule has 0 spiro atoms. The van der Waals surface area contributed by atoms with Crippen molar-refractivity contribution in [1.82, 2.24) is 24.9 Å². The standard InChI is InChI=1S/C26H24ClN7O2/c1-26(32-25(35)23-21(27)4-3-9-29-23)7-10-33(11-8-26)22-6-5-17(14-30-22)20-12-19(36-2)16-34-24(20)18(13-28)15-31-34/h3-6,9,12,14-16H,7-8,10-11H2,1-2H3,(H,32,35). The Balaban J connectivity index is 1.31. The largest absolute Gasteiger partial charge is 0.495 e. The number of rotatable bonds is 5. The van der Waals surface area contributed by atoms with Gasteiger partial charge in [-0.2, -0.15) is 10.4 Å². The van der Waals surface area contributed by atoms with E-state index in [1.165, 1.54) is 0 Å². The Hall–Kier alpha value is -4.16. The number of halogens is 1. The number of hydrogen-bond acceptors (Lipinski definition) is 7. The Morgan fingerprint density at radius 2 is 2.03 bits per heavy atom. The van der Waals surface area contributed by atoms with E-state index in [2.05, 4.69) is 26.4 Å². The molecule has 1 fully saturated rings. The minimum absolute atomic E-state index is 0.240. The van der Waals surface area contributed by atoms with Crippen molar-refractivity contribution >= 4 is 28.8 Å². The van der Waals surface area contributed by atoms with E-state index in [4.69, 9.17) is 21.3 Å². The van der Waals surface area contributed by atoms with E-state index in [1.54, 1.807) is 48.5 Å². The van der Waals surface area contributed by atoms with Gasteiger partial charge in [0.05, 0.1) is 35.6 Å². The highest BCUT2D eigenvalue weighted by Gasteiger charge is 2.33. The molecule has 5 heterocycles. The minimum Gasteiger partial charge on any atom is -0.495 e. The maximum atomic E-state index is 12.7. The highest BCUT2D eigenvalue weighted by molar-refractivity contribution is 6.33. The third-order valence-corrected chi connectivity index (χ3v) is 6.89. The normalized spacial score (nSPS) is 14.9. The lowest BCUT2D eigenvalue weighted by Crippen LogP contribution is -2.53. The van der Waals surface area contributed by atoms with Gasteiger partial charge in [-0.05, 0) is 50.1 Å². The van der Waals surface area contributed by atoms with Gasteiger partial charge in [-0.1, -0.05) is 11.6 Å². The third kappa shape index (κ3) is 4.43. The Bertz CT molecular complexity index is 1470. The van der Waals surface area contributed by atoms with Crippen LogP contribution in [0.2, 0.25) is 5.02 Å². The number of piperidine rings is 1. The molecule has 0 bridgehead atoms. The molecule has 1 saturated heterocycles. The summed E-state index contributed by atoms with van der Waals surface area (Å²) in [4.78, 5) is 23.7. The Morgan fingerprint density at radius 3 is 2.69 bits per heavy atom. The molecule has 0 saturated carbocycles. The number of pyridine rings is 3. The van der Waals surface area contributed by atoms with Gasteiger partial charge in [-0.3, -0.25) is 4.79 Å². The second-order valence-corrected chi connectivity index (χ2v) is 9.40. The summed E-state index contributed by atoms with van der Waals surface area (Å²) in [5.41, 5.74) is 2.76. The van der Waals surface area contributed by atoms with Crippen LogP contribution in [0.4, 0.5) is 5.82 Å².